The smallest absolute Gasteiger partial charge is 0.179 e. The summed E-state index contributed by atoms with van der Waals surface area (Å²) in [5.41, 5.74) is 0.716. The number of ketones is 1. The molecule has 2 unspecified atom stereocenters. The Balaban J connectivity index is 2.10. The maximum atomic E-state index is 12.6. The molecule has 0 radical (unpaired) electrons. The third kappa shape index (κ3) is 3.52. The van der Waals surface area contributed by atoms with Gasteiger partial charge in [-0.3, -0.25) is 9.69 Å². The van der Waals surface area contributed by atoms with Gasteiger partial charge in [0, 0.05) is 16.5 Å². The fourth-order valence-electron chi connectivity index (χ4n) is 2.25. The van der Waals surface area contributed by atoms with Crippen LogP contribution in [0.15, 0.2) is 41.8 Å². The fourth-order valence-corrected chi connectivity index (χ4v) is 3.08. The van der Waals surface area contributed by atoms with Crippen LogP contribution in [0.3, 0.4) is 0 Å². The highest BCUT2D eigenvalue weighted by atomic mass is 32.1. The molecule has 0 spiro atoms. The van der Waals surface area contributed by atoms with Gasteiger partial charge in [0.1, 0.15) is 5.75 Å². The molecule has 0 fully saturated rings. The molecule has 2 atom stereocenters. The Labute approximate surface area is 130 Å². The lowest BCUT2D eigenvalue weighted by molar-refractivity contribution is 0.0828. The van der Waals surface area contributed by atoms with Crippen molar-refractivity contribution in [1.82, 2.24) is 4.90 Å². The number of thiophene rings is 1. The lowest BCUT2D eigenvalue weighted by atomic mass is 10.0. The van der Waals surface area contributed by atoms with Crippen molar-refractivity contribution in [2.24, 2.45) is 0 Å². The van der Waals surface area contributed by atoms with E-state index < -0.39 is 0 Å². The van der Waals surface area contributed by atoms with Crippen molar-refractivity contribution < 1.29 is 9.53 Å². The Kier molecular flexibility index (Phi) is 5.15. The number of hydrogen-bond acceptors (Lipinski definition) is 4. The van der Waals surface area contributed by atoms with E-state index in [4.69, 9.17) is 4.74 Å². The summed E-state index contributed by atoms with van der Waals surface area (Å²) < 4.78 is 5.12. The van der Waals surface area contributed by atoms with Gasteiger partial charge in [0.15, 0.2) is 5.78 Å². The second-order valence-corrected chi connectivity index (χ2v) is 6.10. The van der Waals surface area contributed by atoms with Gasteiger partial charge in [-0.15, -0.1) is 11.3 Å². The lowest BCUT2D eigenvalue weighted by Gasteiger charge is -2.29. The molecule has 1 aromatic heterocycles. The van der Waals surface area contributed by atoms with E-state index in [1.807, 2.05) is 44.3 Å². The van der Waals surface area contributed by atoms with Gasteiger partial charge in [0.25, 0.3) is 0 Å². The minimum Gasteiger partial charge on any atom is -0.497 e. The number of ether oxygens (including phenoxy) is 1. The summed E-state index contributed by atoms with van der Waals surface area (Å²) in [4.78, 5) is 16.0. The van der Waals surface area contributed by atoms with Crippen LogP contribution in [-0.2, 0) is 0 Å². The van der Waals surface area contributed by atoms with E-state index in [-0.39, 0.29) is 17.9 Å². The van der Waals surface area contributed by atoms with Crippen LogP contribution in [0, 0.1) is 0 Å². The van der Waals surface area contributed by atoms with Crippen molar-refractivity contribution in [1.29, 1.82) is 0 Å². The average molecular weight is 303 g/mol. The molecule has 0 aliphatic rings. The lowest BCUT2D eigenvalue weighted by Crippen LogP contribution is -2.37. The summed E-state index contributed by atoms with van der Waals surface area (Å²) in [6, 6.07) is 11.5. The van der Waals surface area contributed by atoms with Crippen LogP contribution in [0.1, 0.15) is 35.1 Å². The normalized spacial score (nSPS) is 14.0. The monoisotopic (exact) mass is 303 g/mol. The van der Waals surface area contributed by atoms with E-state index in [9.17, 15) is 4.79 Å². The topological polar surface area (TPSA) is 29.5 Å². The molecule has 0 bridgehead atoms. The highest BCUT2D eigenvalue weighted by Gasteiger charge is 2.24. The van der Waals surface area contributed by atoms with Crippen molar-refractivity contribution in [3.63, 3.8) is 0 Å². The molecule has 112 valence electrons. The fraction of sp³-hybridized carbons (Fsp3) is 0.353. The van der Waals surface area contributed by atoms with Gasteiger partial charge in [0.05, 0.1) is 13.2 Å². The minimum atomic E-state index is -0.171. The van der Waals surface area contributed by atoms with Crippen molar-refractivity contribution >= 4 is 17.1 Å². The van der Waals surface area contributed by atoms with E-state index in [2.05, 4.69) is 23.3 Å². The molecule has 2 rings (SSSR count). The molecule has 2 aromatic rings. The molecule has 0 aliphatic heterocycles. The quantitative estimate of drug-likeness (QED) is 0.755. The zero-order valence-electron chi connectivity index (χ0n) is 12.9. The maximum Gasteiger partial charge on any atom is 0.179 e. The van der Waals surface area contributed by atoms with Gasteiger partial charge in [-0.05, 0) is 56.6 Å². The Morgan fingerprint density at radius 3 is 2.38 bits per heavy atom. The van der Waals surface area contributed by atoms with Crippen molar-refractivity contribution in [3.8, 4) is 5.75 Å². The SMILES string of the molecule is COc1ccc(C(=O)C(C)N(C)C(C)c2cccs2)cc1. The number of carbonyl (C=O) groups excluding carboxylic acids is 1. The number of Topliss-reactive ketones (excluding diaryl/α,β-unsaturated/α-hetero) is 1. The zero-order chi connectivity index (χ0) is 15.4. The summed E-state index contributed by atoms with van der Waals surface area (Å²) in [7, 11) is 3.62. The number of likely N-dealkylation sites (N-methyl/N-ethyl adjacent to an activating group) is 1. The van der Waals surface area contributed by atoms with Crippen LogP contribution in [0.5, 0.6) is 5.75 Å². The number of nitrogens with zero attached hydrogens (tertiary/aromatic N) is 1. The van der Waals surface area contributed by atoms with Crippen LogP contribution < -0.4 is 4.74 Å². The predicted molar refractivity (Wildman–Crippen MR) is 87.3 cm³/mol. The first-order chi connectivity index (χ1) is 10.0. The first kappa shape index (κ1) is 15.7. The first-order valence-electron chi connectivity index (χ1n) is 6.98. The largest absolute Gasteiger partial charge is 0.497 e. The standard InChI is InChI=1S/C17H21NO2S/c1-12(16-6-5-11-21-16)18(3)13(2)17(19)14-7-9-15(20-4)10-8-14/h5-13H,1-4H3. The van der Waals surface area contributed by atoms with Crippen LogP contribution in [0.4, 0.5) is 0 Å². The summed E-state index contributed by atoms with van der Waals surface area (Å²) in [5.74, 6) is 0.892. The number of benzene rings is 1. The van der Waals surface area contributed by atoms with Gasteiger partial charge < -0.3 is 4.74 Å². The summed E-state index contributed by atoms with van der Waals surface area (Å²) in [6.45, 7) is 4.08. The van der Waals surface area contributed by atoms with Crippen LogP contribution >= 0.6 is 11.3 Å². The molecule has 0 N–H and O–H groups in total. The molecule has 21 heavy (non-hydrogen) atoms. The van der Waals surface area contributed by atoms with Gasteiger partial charge >= 0.3 is 0 Å². The van der Waals surface area contributed by atoms with Crippen molar-refractivity contribution in [3.05, 3.63) is 52.2 Å². The summed E-state index contributed by atoms with van der Waals surface area (Å²) >= 11 is 1.72. The van der Waals surface area contributed by atoms with Crippen molar-refractivity contribution in [2.45, 2.75) is 25.9 Å². The minimum absolute atomic E-state index is 0.128. The third-order valence-corrected chi connectivity index (χ3v) is 4.97. The Bertz CT molecular complexity index is 577. The van der Waals surface area contributed by atoms with Gasteiger partial charge in [0.2, 0.25) is 0 Å². The number of rotatable bonds is 6. The number of carbonyl (C=O) groups is 1. The Hall–Kier alpha value is -1.65. The molecular formula is C17H21NO2S. The first-order valence-corrected chi connectivity index (χ1v) is 7.86. The molecular weight excluding hydrogens is 282 g/mol. The highest BCUT2D eigenvalue weighted by Crippen LogP contribution is 2.26. The number of methoxy groups -OCH3 is 1. The van der Waals surface area contributed by atoms with Crippen LogP contribution in [0.2, 0.25) is 0 Å². The molecule has 0 saturated carbocycles. The van der Waals surface area contributed by atoms with Gasteiger partial charge in [-0.25, -0.2) is 0 Å². The maximum absolute atomic E-state index is 12.6. The zero-order valence-corrected chi connectivity index (χ0v) is 13.7. The van der Waals surface area contributed by atoms with E-state index in [1.165, 1.54) is 4.88 Å². The molecule has 0 saturated heterocycles. The second-order valence-electron chi connectivity index (χ2n) is 5.13. The predicted octanol–water partition coefficient (Wildman–Crippen LogP) is 4.02. The molecule has 1 aromatic carbocycles. The summed E-state index contributed by atoms with van der Waals surface area (Å²) in [5, 5.41) is 2.07. The van der Waals surface area contributed by atoms with Crippen molar-refractivity contribution in [2.75, 3.05) is 14.2 Å². The second kappa shape index (κ2) is 6.87. The van der Waals surface area contributed by atoms with E-state index >= 15 is 0 Å². The van der Waals surface area contributed by atoms with E-state index in [0.717, 1.165) is 5.75 Å². The third-order valence-electron chi connectivity index (χ3n) is 3.93. The molecule has 3 nitrogen and oxygen atoms in total. The van der Waals surface area contributed by atoms with Gasteiger partial charge in [-0.1, -0.05) is 6.07 Å². The van der Waals surface area contributed by atoms with E-state index in [1.54, 1.807) is 18.4 Å². The molecule has 0 amide bonds. The van der Waals surface area contributed by atoms with Crippen LogP contribution in [0.25, 0.3) is 0 Å². The average Bonchev–Trinajstić information content (AvgIpc) is 3.06. The number of hydrogen-bond donors (Lipinski definition) is 0. The molecule has 4 heteroatoms. The highest BCUT2D eigenvalue weighted by molar-refractivity contribution is 7.10. The van der Waals surface area contributed by atoms with Crippen LogP contribution in [-0.4, -0.2) is 30.9 Å². The Morgan fingerprint density at radius 1 is 1.19 bits per heavy atom. The van der Waals surface area contributed by atoms with Gasteiger partial charge in [-0.2, -0.15) is 0 Å². The Morgan fingerprint density at radius 2 is 1.86 bits per heavy atom. The van der Waals surface area contributed by atoms with E-state index in [0.29, 0.717) is 5.56 Å². The summed E-state index contributed by atoms with van der Waals surface area (Å²) in [6.07, 6.45) is 0. The molecule has 1 heterocycles. The molecule has 0 aliphatic carbocycles.